The second-order valence-corrected chi connectivity index (χ2v) is 8.63. The summed E-state index contributed by atoms with van der Waals surface area (Å²) in [6, 6.07) is 9.99. The van der Waals surface area contributed by atoms with E-state index >= 15 is 0 Å². The summed E-state index contributed by atoms with van der Waals surface area (Å²) in [5, 5.41) is 3.39. The summed E-state index contributed by atoms with van der Waals surface area (Å²) in [6.07, 6.45) is 0. The predicted molar refractivity (Wildman–Crippen MR) is 110 cm³/mol. The number of ether oxygens (including phenoxy) is 2. The summed E-state index contributed by atoms with van der Waals surface area (Å²) in [7, 11) is 0.702. The number of benzene rings is 2. The van der Waals surface area contributed by atoms with Crippen LogP contribution in [0.5, 0.6) is 11.5 Å². The zero-order valence-corrected chi connectivity index (χ0v) is 17.7. The molecule has 0 atom stereocenters. The molecular formula is C19H23ClN2O5S. The summed E-state index contributed by atoms with van der Waals surface area (Å²) in [6.45, 7) is 1.79. The molecule has 0 aromatic heterocycles. The van der Waals surface area contributed by atoms with E-state index in [-0.39, 0.29) is 23.5 Å². The highest BCUT2D eigenvalue weighted by Crippen LogP contribution is 2.35. The molecule has 0 unspecified atom stereocenters. The molecule has 0 saturated heterocycles. The Balaban J connectivity index is 2.41. The number of hydrogen-bond acceptors (Lipinski definition) is 5. The molecule has 28 heavy (non-hydrogen) atoms. The Morgan fingerprint density at radius 2 is 1.68 bits per heavy atom. The summed E-state index contributed by atoms with van der Waals surface area (Å²) >= 11 is 5.87. The van der Waals surface area contributed by atoms with Crippen molar-refractivity contribution in [1.82, 2.24) is 5.32 Å². The SMILES string of the molecule is CCS(=O)(=O)N(C)c1cc(OC)c(OC)cc1C(=O)NCc1ccc(Cl)cc1. The third kappa shape index (κ3) is 4.88. The van der Waals surface area contributed by atoms with Gasteiger partial charge in [0.15, 0.2) is 11.5 Å². The van der Waals surface area contributed by atoms with Gasteiger partial charge in [0.1, 0.15) is 0 Å². The molecule has 152 valence electrons. The Labute approximate surface area is 170 Å². The Morgan fingerprint density at radius 1 is 1.11 bits per heavy atom. The molecule has 1 amide bonds. The number of carbonyl (C=O) groups is 1. The van der Waals surface area contributed by atoms with E-state index in [4.69, 9.17) is 21.1 Å². The number of halogens is 1. The van der Waals surface area contributed by atoms with Crippen molar-refractivity contribution in [2.24, 2.45) is 0 Å². The Morgan fingerprint density at radius 3 is 2.21 bits per heavy atom. The fourth-order valence-electron chi connectivity index (χ4n) is 2.53. The molecule has 0 spiro atoms. The van der Waals surface area contributed by atoms with Crippen molar-refractivity contribution in [2.45, 2.75) is 13.5 Å². The molecular weight excluding hydrogens is 404 g/mol. The largest absolute Gasteiger partial charge is 0.493 e. The number of methoxy groups -OCH3 is 2. The van der Waals surface area contributed by atoms with Crippen LogP contribution >= 0.6 is 11.6 Å². The van der Waals surface area contributed by atoms with Crippen LogP contribution in [-0.4, -0.2) is 41.3 Å². The molecule has 9 heteroatoms. The van der Waals surface area contributed by atoms with E-state index in [0.29, 0.717) is 16.5 Å². The smallest absolute Gasteiger partial charge is 0.253 e. The quantitative estimate of drug-likeness (QED) is 0.701. The van der Waals surface area contributed by atoms with E-state index in [1.807, 2.05) is 0 Å². The zero-order valence-electron chi connectivity index (χ0n) is 16.2. The molecule has 0 bridgehead atoms. The molecule has 1 N–H and O–H groups in total. The molecule has 0 aliphatic rings. The van der Waals surface area contributed by atoms with Gasteiger partial charge >= 0.3 is 0 Å². The predicted octanol–water partition coefficient (Wildman–Crippen LogP) is 3.07. The van der Waals surface area contributed by atoms with Crippen molar-refractivity contribution < 1.29 is 22.7 Å². The van der Waals surface area contributed by atoms with Gasteiger partial charge in [-0.05, 0) is 30.7 Å². The topological polar surface area (TPSA) is 84.9 Å². The van der Waals surface area contributed by atoms with Crippen LogP contribution in [0.25, 0.3) is 0 Å². The van der Waals surface area contributed by atoms with Gasteiger partial charge in [-0.25, -0.2) is 8.42 Å². The summed E-state index contributed by atoms with van der Waals surface area (Å²) < 4.78 is 36.3. The third-order valence-corrected chi connectivity index (χ3v) is 6.25. The number of amides is 1. The van der Waals surface area contributed by atoms with Crippen LogP contribution in [0.4, 0.5) is 5.69 Å². The average Bonchev–Trinajstić information content (AvgIpc) is 2.71. The summed E-state index contributed by atoms with van der Waals surface area (Å²) in [4.78, 5) is 12.8. The maximum atomic E-state index is 12.8. The lowest BCUT2D eigenvalue weighted by Gasteiger charge is -2.23. The number of rotatable bonds is 8. The third-order valence-electron chi connectivity index (χ3n) is 4.23. The van der Waals surface area contributed by atoms with Gasteiger partial charge in [0, 0.05) is 24.7 Å². The van der Waals surface area contributed by atoms with Crippen LogP contribution in [0, 0.1) is 0 Å². The van der Waals surface area contributed by atoms with E-state index in [1.54, 1.807) is 24.3 Å². The van der Waals surface area contributed by atoms with Crippen LogP contribution in [0.1, 0.15) is 22.8 Å². The second kappa shape index (κ2) is 9.16. The molecule has 0 saturated carbocycles. The number of hydrogen-bond donors (Lipinski definition) is 1. The molecule has 0 aliphatic heterocycles. The number of nitrogens with zero attached hydrogens (tertiary/aromatic N) is 1. The van der Waals surface area contributed by atoms with Crippen LogP contribution in [0.3, 0.4) is 0 Å². The first kappa shape index (κ1) is 21.8. The molecule has 7 nitrogen and oxygen atoms in total. The average molecular weight is 427 g/mol. The first-order chi connectivity index (χ1) is 13.2. The molecule has 0 heterocycles. The number of nitrogens with one attached hydrogen (secondary N) is 1. The lowest BCUT2D eigenvalue weighted by molar-refractivity contribution is 0.0951. The lowest BCUT2D eigenvalue weighted by atomic mass is 10.1. The van der Waals surface area contributed by atoms with Crippen LogP contribution < -0.4 is 19.1 Å². The second-order valence-electron chi connectivity index (χ2n) is 5.90. The van der Waals surface area contributed by atoms with Crippen molar-refractivity contribution >= 4 is 33.2 Å². The van der Waals surface area contributed by atoms with E-state index in [2.05, 4.69) is 5.32 Å². The number of carbonyl (C=O) groups excluding carboxylic acids is 1. The van der Waals surface area contributed by atoms with Crippen molar-refractivity contribution in [3.05, 3.63) is 52.5 Å². The maximum Gasteiger partial charge on any atom is 0.253 e. The first-order valence-corrected chi connectivity index (χ1v) is 10.5. The molecule has 2 aromatic carbocycles. The Kier molecular flexibility index (Phi) is 7.15. The molecule has 0 aliphatic carbocycles. The van der Waals surface area contributed by atoms with Gasteiger partial charge in [-0.2, -0.15) is 0 Å². The minimum absolute atomic E-state index is 0.107. The highest BCUT2D eigenvalue weighted by Gasteiger charge is 2.25. The molecule has 0 fully saturated rings. The van der Waals surface area contributed by atoms with Gasteiger partial charge < -0.3 is 14.8 Å². The van der Waals surface area contributed by atoms with Gasteiger partial charge in [0.2, 0.25) is 10.0 Å². The van der Waals surface area contributed by atoms with Gasteiger partial charge in [-0.3, -0.25) is 9.10 Å². The van der Waals surface area contributed by atoms with Crippen LogP contribution in [-0.2, 0) is 16.6 Å². The Hall–Kier alpha value is -2.45. The van der Waals surface area contributed by atoms with Crippen molar-refractivity contribution in [2.75, 3.05) is 31.3 Å². The first-order valence-electron chi connectivity index (χ1n) is 8.48. The highest BCUT2D eigenvalue weighted by atomic mass is 35.5. The summed E-state index contributed by atoms with van der Waals surface area (Å²) in [5.41, 5.74) is 1.22. The fourth-order valence-corrected chi connectivity index (χ4v) is 3.50. The number of anilines is 1. The van der Waals surface area contributed by atoms with Gasteiger partial charge in [0.25, 0.3) is 5.91 Å². The molecule has 2 rings (SSSR count). The minimum Gasteiger partial charge on any atom is -0.493 e. The minimum atomic E-state index is -3.58. The number of sulfonamides is 1. The standard InChI is InChI=1S/C19H23ClN2O5S/c1-5-28(24,25)22(2)16-11-18(27-4)17(26-3)10-15(16)19(23)21-12-13-6-8-14(20)9-7-13/h6-11H,5,12H2,1-4H3,(H,21,23). The maximum absolute atomic E-state index is 12.8. The van der Waals surface area contributed by atoms with Crippen LogP contribution in [0.2, 0.25) is 5.02 Å². The van der Waals surface area contributed by atoms with E-state index < -0.39 is 15.9 Å². The fraction of sp³-hybridized carbons (Fsp3) is 0.316. The highest BCUT2D eigenvalue weighted by molar-refractivity contribution is 7.92. The zero-order chi connectivity index (χ0) is 20.9. The molecule has 2 aromatic rings. The molecule has 0 radical (unpaired) electrons. The van der Waals surface area contributed by atoms with Gasteiger partial charge in [-0.15, -0.1) is 0 Å². The van der Waals surface area contributed by atoms with Crippen molar-refractivity contribution in [3.8, 4) is 11.5 Å². The van der Waals surface area contributed by atoms with Crippen molar-refractivity contribution in [1.29, 1.82) is 0 Å². The Bertz CT molecular complexity index is 946. The van der Waals surface area contributed by atoms with E-state index in [1.165, 1.54) is 40.3 Å². The van der Waals surface area contributed by atoms with Crippen molar-refractivity contribution in [3.63, 3.8) is 0 Å². The lowest BCUT2D eigenvalue weighted by Crippen LogP contribution is -2.31. The monoisotopic (exact) mass is 426 g/mol. The summed E-state index contributed by atoms with van der Waals surface area (Å²) in [5.74, 6) is 0.100. The van der Waals surface area contributed by atoms with Gasteiger partial charge in [0.05, 0.1) is 31.2 Å². The normalized spacial score (nSPS) is 11.0. The van der Waals surface area contributed by atoms with Crippen LogP contribution in [0.15, 0.2) is 36.4 Å². The van der Waals surface area contributed by atoms with Gasteiger partial charge in [-0.1, -0.05) is 23.7 Å². The van der Waals surface area contributed by atoms with E-state index in [0.717, 1.165) is 9.87 Å². The van der Waals surface area contributed by atoms with E-state index in [9.17, 15) is 13.2 Å².